The number of rotatable bonds is 4. The number of ether oxygens (including phenoxy) is 1. The van der Waals surface area contributed by atoms with Crippen molar-refractivity contribution in [3.8, 4) is 0 Å². The second-order valence-electron chi connectivity index (χ2n) is 8.06. The van der Waals surface area contributed by atoms with Crippen LogP contribution < -0.4 is 11.1 Å². The number of amides is 1. The lowest BCUT2D eigenvalue weighted by Gasteiger charge is -2.39. The molecule has 0 spiro atoms. The van der Waals surface area contributed by atoms with Gasteiger partial charge >= 0.3 is 0 Å². The summed E-state index contributed by atoms with van der Waals surface area (Å²) in [6.45, 7) is 2.07. The molecular formula is C20H27ClN2O2. The fourth-order valence-corrected chi connectivity index (χ4v) is 5.44. The Labute approximate surface area is 154 Å². The summed E-state index contributed by atoms with van der Waals surface area (Å²) in [5.41, 5.74) is 7.44. The summed E-state index contributed by atoms with van der Waals surface area (Å²) in [4.78, 5) is 12.9. The lowest BCUT2D eigenvalue weighted by atomic mass is 9.74. The van der Waals surface area contributed by atoms with E-state index in [0.717, 1.165) is 43.9 Å². The normalized spacial score (nSPS) is 33.4. The highest BCUT2D eigenvalue weighted by molar-refractivity contribution is 6.30. The first kappa shape index (κ1) is 17.3. The van der Waals surface area contributed by atoms with Gasteiger partial charge in [0.15, 0.2) is 0 Å². The van der Waals surface area contributed by atoms with Crippen molar-refractivity contribution in [3.63, 3.8) is 0 Å². The van der Waals surface area contributed by atoms with Gasteiger partial charge in [0, 0.05) is 36.2 Å². The van der Waals surface area contributed by atoms with Gasteiger partial charge in [0.1, 0.15) is 0 Å². The van der Waals surface area contributed by atoms with Crippen molar-refractivity contribution in [1.29, 1.82) is 0 Å². The summed E-state index contributed by atoms with van der Waals surface area (Å²) in [5.74, 6) is 1.17. The van der Waals surface area contributed by atoms with Gasteiger partial charge in [-0.05, 0) is 61.6 Å². The maximum atomic E-state index is 12.9. The van der Waals surface area contributed by atoms with E-state index in [1.807, 2.05) is 18.2 Å². The van der Waals surface area contributed by atoms with E-state index in [1.165, 1.54) is 12.0 Å². The minimum Gasteiger partial charge on any atom is -0.381 e. The van der Waals surface area contributed by atoms with Crippen molar-refractivity contribution in [2.75, 3.05) is 19.8 Å². The second kappa shape index (κ2) is 6.90. The number of carbonyl (C=O) groups excluding carboxylic acids is 1. The van der Waals surface area contributed by atoms with E-state index in [-0.39, 0.29) is 23.3 Å². The fraction of sp³-hybridized carbons (Fsp3) is 0.650. The van der Waals surface area contributed by atoms with E-state index in [9.17, 15) is 4.79 Å². The molecule has 25 heavy (non-hydrogen) atoms. The lowest BCUT2D eigenvalue weighted by molar-refractivity contribution is -0.127. The number of carbonyl (C=O) groups is 1. The SMILES string of the molecule is NC1C2CCC(C2)C1C(=O)NCC1(c2cccc(Cl)c2)CCOCC1. The molecule has 5 heteroatoms. The Kier molecular flexibility index (Phi) is 4.78. The first-order valence-corrected chi connectivity index (χ1v) is 9.84. The zero-order valence-corrected chi connectivity index (χ0v) is 15.3. The fourth-order valence-electron chi connectivity index (χ4n) is 5.25. The summed E-state index contributed by atoms with van der Waals surface area (Å²) in [5, 5.41) is 3.99. The molecule has 4 atom stereocenters. The third kappa shape index (κ3) is 3.20. The van der Waals surface area contributed by atoms with Crippen molar-refractivity contribution in [2.45, 2.75) is 43.6 Å². The Balaban J connectivity index is 1.49. The summed E-state index contributed by atoms with van der Waals surface area (Å²) in [6.07, 6.45) is 5.28. The average molecular weight is 363 g/mol. The summed E-state index contributed by atoms with van der Waals surface area (Å²) >= 11 is 6.22. The van der Waals surface area contributed by atoms with Gasteiger partial charge < -0.3 is 15.8 Å². The average Bonchev–Trinajstić information content (AvgIpc) is 3.22. The Morgan fingerprint density at radius 2 is 2.04 bits per heavy atom. The molecule has 0 radical (unpaired) electrons. The lowest BCUT2D eigenvalue weighted by Crippen LogP contribution is -2.50. The Morgan fingerprint density at radius 1 is 1.28 bits per heavy atom. The molecule has 3 fully saturated rings. The number of fused-ring (bicyclic) bond motifs is 2. The van der Waals surface area contributed by atoms with E-state index in [1.54, 1.807) is 0 Å². The number of hydrogen-bond acceptors (Lipinski definition) is 3. The smallest absolute Gasteiger partial charge is 0.224 e. The number of nitrogens with one attached hydrogen (secondary N) is 1. The van der Waals surface area contributed by atoms with Crippen molar-refractivity contribution < 1.29 is 9.53 Å². The van der Waals surface area contributed by atoms with Crippen LogP contribution in [0.3, 0.4) is 0 Å². The summed E-state index contributed by atoms with van der Waals surface area (Å²) in [7, 11) is 0. The number of benzene rings is 1. The van der Waals surface area contributed by atoms with Crippen LogP contribution in [-0.2, 0) is 14.9 Å². The van der Waals surface area contributed by atoms with Crippen LogP contribution >= 0.6 is 11.6 Å². The maximum absolute atomic E-state index is 12.9. The van der Waals surface area contributed by atoms with Gasteiger partial charge in [0.2, 0.25) is 5.91 Å². The predicted octanol–water partition coefficient (Wildman–Crippen LogP) is 2.88. The van der Waals surface area contributed by atoms with Crippen molar-refractivity contribution in [1.82, 2.24) is 5.32 Å². The van der Waals surface area contributed by atoms with Crippen LogP contribution in [0.2, 0.25) is 5.02 Å². The molecule has 4 nitrogen and oxygen atoms in total. The molecule has 1 amide bonds. The monoisotopic (exact) mass is 362 g/mol. The topological polar surface area (TPSA) is 64.4 Å². The molecule has 2 bridgehead atoms. The van der Waals surface area contributed by atoms with E-state index in [2.05, 4.69) is 11.4 Å². The van der Waals surface area contributed by atoms with Crippen LogP contribution in [0.4, 0.5) is 0 Å². The molecule has 2 saturated carbocycles. The second-order valence-corrected chi connectivity index (χ2v) is 8.49. The predicted molar refractivity (Wildman–Crippen MR) is 98.5 cm³/mol. The quantitative estimate of drug-likeness (QED) is 0.865. The van der Waals surface area contributed by atoms with Crippen LogP contribution in [0.1, 0.15) is 37.7 Å². The molecule has 1 saturated heterocycles. The van der Waals surface area contributed by atoms with Gasteiger partial charge in [0.05, 0.1) is 5.92 Å². The van der Waals surface area contributed by atoms with Crippen LogP contribution in [0.15, 0.2) is 24.3 Å². The first-order chi connectivity index (χ1) is 12.1. The van der Waals surface area contributed by atoms with Gasteiger partial charge in [-0.1, -0.05) is 23.7 Å². The molecule has 4 unspecified atom stereocenters. The third-order valence-corrected chi connectivity index (χ3v) is 7.01. The highest BCUT2D eigenvalue weighted by Gasteiger charge is 2.49. The zero-order chi connectivity index (χ0) is 17.4. The molecule has 136 valence electrons. The van der Waals surface area contributed by atoms with Gasteiger partial charge in [-0.2, -0.15) is 0 Å². The van der Waals surface area contributed by atoms with Crippen LogP contribution in [0.5, 0.6) is 0 Å². The number of nitrogens with two attached hydrogens (primary N) is 1. The number of hydrogen-bond donors (Lipinski definition) is 2. The largest absolute Gasteiger partial charge is 0.381 e. The van der Waals surface area contributed by atoms with Crippen LogP contribution in [0.25, 0.3) is 0 Å². The molecule has 1 aromatic carbocycles. The molecule has 0 aromatic heterocycles. The molecule has 3 N–H and O–H groups in total. The van der Waals surface area contributed by atoms with Crippen molar-refractivity contribution >= 4 is 17.5 Å². The third-order valence-electron chi connectivity index (χ3n) is 6.77. The Bertz CT molecular complexity index is 642. The van der Waals surface area contributed by atoms with Gasteiger partial charge in [0.25, 0.3) is 0 Å². The van der Waals surface area contributed by atoms with Crippen LogP contribution in [-0.4, -0.2) is 31.7 Å². The van der Waals surface area contributed by atoms with E-state index in [0.29, 0.717) is 18.4 Å². The zero-order valence-electron chi connectivity index (χ0n) is 14.5. The highest BCUT2D eigenvalue weighted by Crippen LogP contribution is 2.47. The number of halogens is 1. The van der Waals surface area contributed by atoms with E-state index in [4.69, 9.17) is 22.1 Å². The summed E-state index contributed by atoms with van der Waals surface area (Å²) in [6, 6.07) is 8.07. The minimum absolute atomic E-state index is 0.00463. The Hall–Kier alpha value is -1.10. The van der Waals surface area contributed by atoms with Gasteiger partial charge in [-0.3, -0.25) is 4.79 Å². The summed E-state index contributed by atoms with van der Waals surface area (Å²) < 4.78 is 5.57. The van der Waals surface area contributed by atoms with E-state index >= 15 is 0 Å². The Morgan fingerprint density at radius 3 is 2.72 bits per heavy atom. The molecule has 1 heterocycles. The molecule has 1 aromatic rings. The maximum Gasteiger partial charge on any atom is 0.224 e. The van der Waals surface area contributed by atoms with Crippen LogP contribution in [0, 0.1) is 17.8 Å². The molecular weight excluding hydrogens is 336 g/mol. The first-order valence-electron chi connectivity index (χ1n) is 9.46. The minimum atomic E-state index is -0.0967. The standard InChI is InChI=1S/C20H27ClN2O2/c21-16-3-1-2-15(11-16)20(6-8-25-9-7-20)12-23-19(24)17-13-4-5-14(10-13)18(17)22/h1-3,11,13-14,17-18H,4-10,12,22H2,(H,23,24). The highest BCUT2D eigenvalue weighted by atomic mass is 35.5. The molecule has 4 rings (SSSR count). The van der Waals surface area contributed by atoms with Gasteiger partial charge in [-0.15, -0.1) is 0 Å². The molecule has 2 aliphatic carbocycles. The van der Waals surface area contributed by atoms with Crippen molar-refractivity contribution in [2.24, 2.45) is 23.5 Å². The van der Waals surface area contributed by atoms with Crippen molar-refractivity contribution in [3.05, 3.63) is 34.9 Å². The molecule has 1 aliphatic heterocycles. The van der Waals surface area contributed by atoms with Gasteiger partial charge in [-0.25, -0.2) is 0 Å². The van der Waals surface area contributed by atoms with E-state index < -0.39 is 0 Å². The molecule has 3 aliphatic rings.